The van der Waals surface area contributed by atoms with Gasteiger partial charge in [0, 0.05) is 36.2 Å². The first-order valence-electron chi connectivity index (χ1n) is 9.79. The molecule has 3 N–H and O–H groups in total. The number of anilines is 1. The Hall–Kier alpha value is -2.62. The van der Waals surface area contributed by atoms with Crippen LogP contribution < -0.4 is 16.0 Å². The quantitative estimate of drug-likeness (QED) is 0.247. The van der Waals surface area contributed by atoms with Crippen molar-refractivity contribution in [2.24, 2.45) is 4.99 Å². The fourth-order valence-electron chi connectivity index (χ4n) is 2.98. The number of guanidine groups is 1. The number of hydrogen-bond donors (Lipinski definition) is 3. The van der Waals surface area contributed by atoms with Crippen molar-refractivity contribution in [1.29, 1.82) is 0 Å². The Morgan fingerprint density at radius 2 is 1.90 bits per heavy atom. The summed E-state index contributed by atoms with van der Waals surface area (Å²) in [6, 6.07) is 13.5. The first-order chi connectivity index (χ1) is 14.1. The largest absolute Gasteiger partial charge is 0.459 e. The van der Waals surface area contributed by atoms with Gasteiger partial charge >= 0.3 is 0 Å². The molecule has 2 aromatic heterocycles. The van der Waals surface area contributed by atoms with E-state index in [1.165, 1.54) is 0 Å². The van der Waals surface area contributed by atoms with E-state index in [4.69, 9.17) is 4.42 Å². The van der Waals surface area contributed by atoms with Crippen molar-refractivity contribution in [1.82, 2.24) is 15.6 Å². The minimum atomic E-state index is -0.0976. The summed E-state index contributed by atoms with van der Waals surface area (Å²) < 4.78 is 5.91. The molecule has 0 aliphatic heterocycles. The summed E-state index contributed by atoms with van der Waals surface area (Å²) in [5.74, 6) is 1.95. The Labute approximate surface area is 193 Å². The van der Waals surface area contributed by atoms with Crippen LogP contribution in [-0.2, 0) is 11.3 Å². The minimum Gasteiger partial charge on any atom is -0.459 e. The van der Waals surface area contributed by atoms with Gasteiger partial charge in [0.05, 0.1) is 0 Å². The number of aromatic nitrogens is 1. The molecule has 0 radical (unpaired) electrons. The highest BCUT2D eigenvalue weighted by Crippen LogP contribution is 2.25. The van der Waals surface area contributed by atoms with Gasteiger partial charge in [-0.1, -0.05) is 24.3 Å². The van der Waals surface area contributed by atoms with Crippen LogP contribution in [0.5, 0.6) is 0 Å². The predicted octanol–water partition coefficient (Wildman–Crippen LogP) is 4.15. The number of fused-ring (bicyclic) bond motifs is 1. The van der Waals surface area contributed by atoms with Gasteiger partial charge in [0.25, 0.3) is 0 Å². The van der Waals surface area contributed by atoms with E-state index in [1.54, 1.807) is 6.07 Å². The number of hydrogen-bond acceptors (Lipinski definition) is 4. The second kappa shape index (κ2) is 11.5. The van der Waals surface area contributed by atoms with E-state index in [0.29, 0.717) is 31.3 Å². The average molecular weight is 521 g/mol. The highest BCUT2D eigenvalue weighted by Gasteiger charge is 2.10. The van der Waals surface area contributed by atoms with E-state index < -0.39 is 0 Å². The zero-order valence-corrected chi connectivity index (χ0v) is 19.8. The third-order valence-corrected chi connectivity index (χ3v) is 4.47. The summed E-state index contributed by atoms with van der Waals surface area (Å²) in [6.45, 7) is 7.54. The maximum Gasteiger partial charge on any atom is 0.227 e. The summed E-state index contributed by atoms with van der Waals surface area (Å²) in [4.78, 5) is 21.0. The molecular formula is C22H28IN5O2. The molecule has 0 aliphatic rings. The van der Waals surface area contributed by atoms with Crippen LogP contribution >= 0.6 is 24.0 Å². The van der Waals surface area contributed by atoms with Gasteiger partial charge < -0.3 is 20.4 Å². The molecule has 0 spiro atoms. The minimum absolute atomic E-state index is 0. The Balaban J connectivity index is 0.00000320. The number of nitrogens with zero attached hydrogens (tertiary/aromatic N) is 2. The van der Waals surface area contributed by atoms with Gasteiger partial charge in [0.2, 0.25) is 5.91 Å². The maximum atomic E-state index is 12.1. The van der Waals surface area contributed by atoms with E-state index in [-0.39, 0.29) is 29.9 Å². The summed E-state index contributed by atoms with van der Waals surface area (Å²) in [5.41, 5.74) is 2.84. The molecule has 3 rings (SSSR count). The highest BCUT2D eigenvalue weighted by atomic mass is 127. The first-order valence-corrected chi connectivity index (χ1v) is 9.79. The molecule has 1 aromatic carbocycles. The number of pyridine rings is 1. The van der Waals surface area contributed by atoms with E-state index >= 15 is 0 Å². The Kier molecular flexibility index (Phi) is 9.10. The fourth-order valence-corrected chi connectivity index (χ4v) is 2.98. The molecule has 0 unspecified atom stereocenters. The molecule has 1 amide bonds. The lowest BCUT2D eigenvalue weighted by atomic mass is 10.1. The first kappa shape index (κ1) is 23.7. The van der Waals surface area contributed by atoms with Crippen LogP contribution in [0.25, 0.3) is 11.0 Å². The molecule has 0 saturated heterocycles. The number of furan rings is 1. The zero-order chi connectivity index (χ0) is 20.6. The number of carbonyl (C=O) groups excluding carboxylic acids is 1. The number of aryl methyl sites for hydroxylation is 2. The Bertz CT molecular complexity index is 1020. The molecule has 3 aromatic rings. The molecule has 30 heavy (non-hydrogen) atoms. The van der Waals surface area contributed by atoms with Gasteiger partial charge in [-0.25, -0.2) is 9.98 Å². The van der Waals surface area contributed by atoms with Crippen LogP contribution in [0.4, 0.5) is 5.82 Å². The van der Waals surface area contributed by atoms with Crippen molar-refractivity contribution >= 4 is 52.6 Å². The molecule has 160 valence electrons. The standard InChI is InChI=1S/C22H27N5O2.HI/c1-4-23-22(24-13-12-21(28)27-20-11-7-8-15(2)26-20)25-14-19-16(3)17-9-5-6-10-18(17)29-19;/h5-11H,4,12-14H2,1-3H3,(H2,23,24,25)(H,26,27,28);1H. The van der Waals surface area contributed by atoms with E-state index in [1.807, 2.05) is 57.2 Å². The number of nitrogens with one attached hydrogen (secondary N) is 3. The van der Waals surface area contributed by atoms with E-state index in [9.17, 15) is 4.79 Å². The molecule has 0 bridgehead atoms. The molecule has 0 atom stereocenters. The van der Waals surface area contributed by atoms with Crippen molar-refractivity contribution in [3.63, 3.8) is 0 Å². The molecule has 0 fully saturated rings. The summed E-state index contributed by atoms with van der Waals surface area (Å²) in [5, 5.41) is 10.3. The smallest absolute Gasteiger partial charge is 0.227 e. The number of aliphatic imine (C=N–C) groups is 1. The number of para-hydroxylation sites is 1. The fraction of sp³-hybridized carbons (Fsp3) is 0.318. The summed E-state index contributed by atoms with van der Waals surface area (Å²) in [7, 11) is 0. The average Bonchev–Trinajstić information content (AvgIpc) is 3.02. The molecular weight excluding hydrogens is 493 g/mol. The van der Waals surface area contributed by atoms with Crippen molar-refractivity contribution < 1.29 is 9.21 Å². The number of benzene rings is 1. The molecule has 8 heteroatoms. The lowest BCUT2D eigenvalue weighted by Gasteiger charge is -2.11. The Morgan fingerprint density at radius 3 is 2.63 bits per heavy atom. The number of rotatable bonds is 7. The monoisotopic (exact) mass is 521 g/mol. The van der Waals surface area contributed by atoms with Crippen molar-refractivity contribution in [2.75, 3.05) is 18.4 Å². The van der Waals surface area contributed by atoms with E-state index in [0.717, 1.165) is 34.5 Å². The summed E-state index contributed by atoms with van der Waals surface area (Å²) >= 11 is 0. The van der Waals surface area contributed by atoms with Crippen LogP contribution in [-0.4, -0.2) is 29.9 Å². The van der Waals surface area contributed by atoms with Crippen LogP contribution in [0.15, 0.2) is 51.9 Å². The normalized spacial score (nSPS) is 11.1. The van der Waals surface area contributed by atoms with Crippen LogP contribution in [0.2, 0.25) is 0 Å². The lowest BCUT2D eigenvalue weighted by Crippen LogP contribution is -2.38. The number of halogens is 1. The molecule has 7 nitrogen and oxygen atoms in total. The number of carbonyl (C=O) groups is 1. The second-order valence-corrected chi connectivity index (χ2v) is 6.73. The van der Waals surface area contributed by atoms with Crippen LogP contribution in [0.1, 0.15) is 30.4 Å². The zero-order valence-electron chi connectivity index (χ0n) is 17.5. The lowest BCUT2D eigenvalue weighted by molar-refractivity contribution is -0.116. The van der Waals surface area contributed by atoms with Gasteiger partial charge in [-0.05, 0) is 39.0 Å². The predicted molar refractivity (Wildman–Crippen MR) is 131 cm³/mol. The van der Waals surface area contributed by atoms with Gasteiger partial charge in [-0.15, -0.1) is 24.0 Å². The van der Waals surface area contributed by atoms with Crippen LogP contribution in [0.3, 0.4) is 0 Å². The van der Waals surface area contributed by atoms with Crippen molar-refractivity contribution in [3.05, 3.63) is 59.5 Å². The van der Waals surface area contributed by atoms with Gasteiger partial charge in [0.15, 0.2) is 5.96 Å². The molecule has 2 heterocycles. The molecule has 0 saturated carbocycles. The van der Waals surface area contributed by atoms with Crippen molar-refractivity contribution in [3.8, 4) is 0 Å². The van der Waals surface area contributed by atoms with Crippen LogP contribution in [0, 0.1) is 13.8 Å². The highest BCUT2D eigenvalue weighted by molar-refractivity contribution is 14.0. The van der Waals surface area contributed by atoms with Crippen molar-refractivity contribution in [2.45, 2.75) is 33.7 Å². The molecule has 0 aliphatic carbocycles. The van der Waals surface area contributed by atoms with E-state index in [2.05, 4.69) is 25.9 Å². The topological polar surface area (TPSA) is 91.5 Å². The Morgan fingerprint density at radius 1 is 1.10 bits per heavy atom. The third kappa shape index (κ3) is 6.45. The van der Waals surface area contributed by atoms with Gasteiger partial charge in [-0.2, -0.15) is 0 Å². The third-order valence-electron chi connectivity index (χ3n) is 4.47. The summed E-state index contributed by atoms with van der Waals surface area (Å²) in [6.07, 6.45) is 0.309. The maximum absolute atomic E-state index is 12.1. The van der Waals surface area contributed by atoms with Gasteiger partial charge in [0.1, 0.15) is 23.7 Å². The second-order valence-electron chi connectivity index (χ2n) is 6.73. The SMILES string of the molecule is CCNC(=NCc1oc2ccccc2c1C)NCCC(=O)Nc1cccc(C)n1.I. The van der Waals surface area contributed by atoms with Gasteiger partial charge in [-0.3, -0.25) is 4.79 Å². The number of amides is 1.